The van der Waals surface area contributed by atoms with Crippen molar-refractivity contribution in [3.63, 3.8) is 0 Å². The quantitative estimate of drug-likeness (QED) is 0.174. The van der Waals surface area contributed by atoms with Crippen LogP contribution in [-0.2, 0) is 28.5 Å². The topological polar surface area (TPSA) is 228 Å². The van der Waals surface area contributed by atoms with Crippen LogP contribution in [0.4, 0.5) is 9.59 Å². The van der Waals surface area contributed by atoms with Gasteiger partial charge in [-0.15, -0.1) is 4.99 Å². The lowest BCUT2D eigenvalue weighted by molar-refractivity contribution is -0.153. The lowest BCUT2D eigenvalue weighted by Gasteiger charge is -2.41. The summed E-state index contributed by atoms with van der Waals surface area (Å²) in [6, 6.07) is -1.17. The van der Waals surface area contributed by atoms with Crippen molar-refractivity contribution in [3.8, 4) is 0 Å². The van der Waals surface area contributed by atoms with Gasteiger partial charge in [0.2, 0.25) is 17.6 Å². The number of carboxylic acid groups (broad SMARTS) is 1. The maximum atomic E-state index is 12.5. The zero-order valence-corrected chi connectivity index (χ0v) is 22.5. The van der Waals surface area contributed by atoms with E-state index in [1.807, 2.05) is 0 Å². The number of nitrogens with zero attached hydrogens (tertiary/aromatic N) is 1. The van der Waals surface area contributed by atoms with Crippen molar-refractivity contribution >= 4 is 30.0 Å². The maximum absolute atomic E-state index is 12.5. The fourth-order valence-corrected chi connectivity index (χ4v) is 3.47. The van der Waals surface area contributed by atoms with Gasteiger partial charge in [0, 0.05) is 19.4 Å². The molecule has 38 heavy (non-hydrogen) atoms. The van der Waals surface area contributed by atoms with Gasteiger partial charge in [0.05, 0.1) is 12.6 Å². The smallest absolute Gasteiger partial charge is 0.437 e. The van der Waals surface area contributed by atoms with E-state index in [0.717, 1.165) is 6.08 Å². The van der Waals surface area contributed by atoms with Gasteiger partial charge in [-0.25, -0.2) is 14.4 Å². The summed E-state index contributed by atoms with van der Waals surface area (Å²) >= 11 is 0. The average molecular weight is 547 g/mol. The Hall–Kier alpha value is -3.43. The zero-order chi connectivity index (χ0) is 29.4. The molecule has 0 aliphatic carbocycles. The number of hydrogen-bond donors (Lipinski definition) is 6. The summed E-state index contributed by atoms with van der Waals surface area (Å²) < 4.78 is 21.1. The third-order valence-electron chi connectivity index (χ3n) is 4.81. The van der Waals surface area contributed by atoms with E-state index in [9.17, 15) is 34.5 Å². The average Bonchev–Trinajstić information content (AvgIpc) is 2.72. The number of ether oxygens (including phenoxy) is 4. The predicted molar refractivity (Wildman–Crippen MR) is 132 cm³/mol. The normalized spacial score (nSPS) is 21.8. The predicted octanol–water partition coefficient (Wildman–Crippen LogP) is -0.0125. The number of amides is 3. The van der Waals surface area contributed by atoms with E-state index in [-0.39, 0.29) is 0 Å². The van der Waals surface area contributed by atoms with E-state index in [2.05, 4.69) is 15.6 Å². The van der Waals surface area contributed by atoms with Crippen LogP contribution in [-0.4, -0.2) is 94.6 Å². The first kappa shape index (κ1) is 32.6. The standard InChI is InChI=1S/C23H38N4O11/c1-22(2,3)37-20(33)26-19(27-21(34)38-23(4,5)6)25-12-9-14(18(31)32)36-16(11(12)8-15(24)30)17(35-7)13(29)10-28/h9,11-13,16-17,28-29H,8,10H2,1-7H3,(H2,24,30)(H,31,32)(H2,25,26,27,33,34)/t11-,12-,13-,16-,17-/m1/s1. The van der Waals surface area contributed by atoms with E-state index in [4.69, 9.17) is 24.7 Å². The Kier molecular flexibility index (Phi) is 11.5. The highest BCUT2D eigenvalue weighted by molar-refractivity contribution is 5.99. The van der Waals surface area contributed by atoms with Crippen LogP contribution in [0.2, 0.25) is 0 Å². The molecule has 0 aromatic rings. The molecule has 1 heterocycles. The SMILES string of the molecule is CO[C@@H]([C@@H]1OC(C(=O)O)=C[C@@H](NC(=NC(=O)OC(C)(C)C)NC(=O)OC(C)(C)C)[C@H]1CC(N)=O)[C@H](O)CO. The number of rotatable bonds is 8. The molecular formula is C23H38N4O11. The summed E-state index contributed by atoms with van der Waals surface area (Å²) in [7, 11) is 1.19. The first-order valence-corrected chi connectivity index (χ1v) is 11.7. The number of aliphatic hydroxyl groups excluding tert-OH is 2. The fourth-order valence-electron chi connectivity index (χ4n) is 3.47. The molecule has 7 N–H and O–H groups in total. The number of aliphatic carboxylic acids is 1. The molecule has 0 saturated carbocycles. The van der Waals surface area contributed by atoms with Crippen LogP contribution < -0.4 is 16.4 Å². The number of carbonyl (C=O) groups excluding carboxylic acids is 3. The monoisotopic (exact) mass is 546 g/mol. The van der Waals surface area contributed by atoms with Crippen LogP contribution in [0.1, 0.15) is 48.0 Å². The van der Waals surface area contributed by atoms with Crippen molar-refractivity contribution in [2.24, 2.45) is 16.6 Å². The Morgan fingerprint density at radius 1 is 1.13 bits per heavy atom. The number of hydrogen-bond acceptors (Lipinski definition) is 10. The first-order valence-electron chi connectivity index (χ1n) is 11.7. The first-order chi connectivity index (χ1) is 17.4. The second kappa shape index (κ2) is 13.4. The van der Waals surface area contributed by atoms with Gasteiger partial charge in [0.1, 0.15) is 29.5 Å². The Morgan fingerprint density at radius 2 is 1.71 bits per heavy atom. The fraction of sp³-hybridized carbons (Fsp3) is 0.696. The van der Waals surface area contributed by atoms with Crippen molar-refractivity contribution < 1.29 is 53.4 Å². The number of aliphatic imine (C=N–C) groups is 1. The highest BCUT2D eigenvalue weighted by atomic mass is 16.6. The second-order valence-corrected chi connectivity index (χ2v) is 10.4. The summed E-state index contributed by atoms with van der Waals surface area (Å²) in [6.45, 7) is 8.85. The zero-order valence-electron chi connectivity index (χ0n) is 22.5. The number of primary amides is 1. The van der Waals surface area contributed by atoms with Crippen LogP contribution in [0.5, 0.6) is 0 Å². The molecule has 0 aromatic carbocycles. The van der Waals surface area contributed by atoms with E-state index < -0.39 is 90.3 Å². The number of guanidine groups is 1. The number of methoxy groups -OCH3 is 1. The molecule has 0 aromatic heterocycles. The number of carboxylic acids is 1. The molecule has 1 rings (SSSR count). The van der Waals surface area contributed by atoms with E-state index in [1.54, 1.807) is 41.5 Å². The molecule has 1 aliphatic heterocycles. The molecule has 0 radical (unpaired) electrons. The Labute approximate surface area is 220 Å². The third-order valence-corrected chi connectivity index (χ3v) is 4.81. The van der Waals surface area contributed by atoms with Crippen LogP contribution in [0.15, 0.2) is 16.8 Å². The second-order valence-electron chi connectivity index (χ2n) is 10.4. The van der Waals surface area contributed by atoms with Gasteiger partial charge >= 0.3 is 18.2 Å². The molecule has 0 bridgehead atoms. The van der Waals surface area contributed by atoms with E-state index in [1.165, 1.54) is 7.11 Å². The van der Waals surface area contributed by atoms with Gasteiger partial charge in [-0.05, 0) is 47.6 Å². The van der Waals surface area contributed by atoms with E-state index >= 15 is 0 Å². The summed E-state index contributed by atoms with van der Waals surface area (Å²) in [4.78, 5) is 52.4. The molecular weight excluding hydrogens is 508 g/mol. The van der Waals surface area contributed by atoms with Gasteiger partial charge in [0.25, 0.3) is 0 Å². The summed E-state index contributed by atoms with van der Waals surface area (Å²) in [5.41, 5.74) is 3.57. The minimum absolute atomic E-state index is 0.421. The lowest BCUT2D eigenvalue weighted by Crippen LogP contribution is -2.58. The molecule has 216 valence electrons. The van der Waals surface area contributed by atoms with Crippen molar-refractivity contribution in [1.29, 1.82) is 0 Å². The number of aliphatic hydroxyl groups is 2. The molecule has 15 heteroatoms. The van der Waals surface area contributed by atoms with E-state index in [0.29, 0.717) is 0 Å². The lowest BCUT2D eigenvalue weighted by atomic mass is 9.83. The van der Waals surface area contributed by atoms with Gasteiger partial charge in [0.15, 0.2) is 0 Å². The highest BCUT2D eigenvalue weighted by Crippen LogP contribution is 2.31. The largest absolute Gasteiger partial charge is 0.480 e. The van der Waals surface area contributed by atoms with Crippen molar-refractivity contribution in [3.05, 3.63) is 11.8 Å². The minimum atomic E-state index is -1.52. The number of alkyl carbamates (subject to hydrolysis) is 1. The number of carbonyl (C=O) groups is 4. The van der Waals surface area contributed by atoms with Gasteiger partial charge in [-0.3, -0.25) is 10.1 Å². The Morgan fingerprint density at radius 3 is 2.16 bits per heavy atom. The van der Waals surface area contributed by atoms with Crippen molar-refractivity contribution in [2.75, 3.05) is 13.7 Å². The van der Waals surface area contributed by atoms with Crippen molar-refractivity contribution in [1.82, 2.24) is 10.6 Å². The molecule has 15 nitrogen and oxygen atoms in total. The van der Waals surface area contributed by atoms with Crippen molar-refractivity contribution in [2.45, 2.75) is 83.5 Å². The summed E-state index contributed by atoms with van der Waals surface area (Å²) in [6.07, 6.45) is -5.60. The van der Waals surface area contributed by atoms with Crippen LogP contribution in [0.3, 0.4) is 0 Å². The van der Waals surface area contributed by atoms with Crippen LogP contribution in [0, 0.1) is 5.92 Å². The molecule has 0 fully saturated rings. The summed E-state index contributed by atoms with van der Waals surface area (Å²) in [5.74, 6) is -4.45. The maximum Gasteiger partial charge on any atom is 0.437 e. The number of nitrogens with two attached hydrogens (primary N) is 1. The molecule has 3 amide bonds. The molecule has 0 saturated heterocycles. The highest BCUT2D eigenvalue weighted by Gasteiger charge is 2.45. The Bertz CT molecular complexity index is 937. The third kappa shape index (κ3) is 10.9. The van der Waals surface area contributed by atoms with Gasteiger partial charge < -0.3 is 45.3 Å². The molecule has 0 unspecified atom stereocenters. The van der Waals surface area contributed by atoms with Crippen LogP contribution >= 0.6 is 0 Å². The van der Waals surface area contributed by atoms with Gasteiger partial charge in [-0.2, -0.15) is 0 Å². The molecule has 0 spiro atoms. The van der Waals surface area contributed by atoms with Crippen LogP contribution in [0.25, 0.3) is 0 Å². The van der Waals surface area contributed by atoms with Gasteiger partial charge in [-0.1, -0.05) is 0 Å². The minimum Gasteiger partial charge on any atom is -0.480 e. The Balaban J connectivity index is 3.56. The number of nitrogens with one attached hydrogen (secondary N) is 2. The molecule has 5 atom stereocenters. The molecule has 1 aliphatic rings. The summed E-state index contributed by atoms with van der Waals surface area (Å²) in [5, 5.41) is 34.3.